The Balaban J connectivity index is 1.65. The molecule has 3 aromatic rings. The van der Waals surface area contributed by atoms with E-state index in [0.717, 1.165) is 29.3 Å². The van der Waals surface area contributed by atoms with E-state index in [1.165, 1.54) is 11.1 Å². The van der Waals surface area contributed by atoms with Gasteiger partial charge in [0.15, 0.2) is 0 Å². The average Bonchev–Trinajstić information content (AvgIpc) is 2.91. The Morgan fingerprint density at radius 1 is 0.929 bits per heavy atom. The van der Waals surface area contributed by atoms with Crippen molar-refractivity contribution in [2.75, 3.05) is 0 Å². The molecule has 6 heteroatoms. The van der Waals surface area contributed by atoms with Crippen LogP contribution in [0.4, 0.5) is 0 Å². The predicted molar refractivity (Wildman–Crippen MR) is 113 cm³/mol. The molecule has 0 unspecified atom stereocenters. The first-order valence-corrected chi connectivity index (χ1v) is 9.64. The number of allylic oxidation sites excluding steroid dienone is 1. The summed E-state index contributed by atoms with van der Waals surface area (Å²) in [7, 11) is 1.88. The maximum atomic E-state index is 6.00. The van der Waals surface area contributed by atoms with Crippen LogP contribution in [0.2, 0.25) is 0 Å². The van der Waals surface area contributed by atoms with E-state index in [9.17, 15) is 0 Å². The van der Waals surface area contributed by atoms with E-state index >= 15 is 0 Å². The van der Waals surface area contributed by atoms with Gasteiger partial charge in [0.05, 0.1) is 5.69 Å². The first kappa shape index (κ1) is 20.3. The van der Waals surface area contributed by atoms with Crippen LogP contribution in [0.3, 0.4) is 0 Å². The van der Waals surface area contributed by atoms with Crippen molar-refractivity contribution in [1.29, 1.82) is 0 Å². The lowest BCUT2D eigenvalue weighted by Gasteiger charge is -2.09. The van der Waals surface area contributed by atoms with Gasteiger partial charge >= 0.3 is 0 Å². The van der Waals surface area contributed by atoms with Gasteiger partial charge in [-0.2, -0.15) is 5.10 Å². The Bertz CT molecular complexity index is 987. The summed E-state index contributed by atoms with van der Waals surface area (Å²) in [5.41, 5.74) is 4.39. The molecule has 1 aromatic heterocycles. The molecule has 146 valence electrons. The number of aryl methyl sites for hydroxylation is 2. The van der Waals surface area contributed by atoms with Crippen molar-refractivity contribution in [2.24, 2.45) is 7.05 Å². The highest BCUT2D eigenvalue weighted by Gasteiger charge is 2.11. The zero-order chi connectivity index (χ0) is 20.3. The molecule has 0 aliphatic rings. The molecule has 0 radical (unpaired) electrons. The molecule has 0 atom stereocenters. The normalized spacial score (nSPS) is 10.6. The largest absolute Gasteiger partial charge is 0.460 e. The van der Waals surface area contributed by atoms with Crippen molar-refractivity contribution >= 4 is 23.2 Å². The van der Waals surface area contributed by atoms with E-state index in [1.54, 1.807) is 11.6 Å². The molecule has 0 aliphatic heterocycles. The van der Waals surface area contributed by atoms with Gasteiger partial charge in [0.1, 0.15) is 21.7 Å². The molecular formula is C22H22Cl2N2O2. The van der Waals surface area contributed by atoms with Crippen molar-refractivity contribution in [1.82, 2.24) is 9.78 Å². The number of hydrogen-bond acceptors (Lipinski definition) is 3. The van der Waals surface area contributed by atoms with Gasteiger partial charge < -0.3 is 9.47 Å². The molecule has 3 rings (SSSR count). The van der Waals surface area contributed by atoms with Crippen LogP contribution in [0.1, 0.15) is 29.3 Å². The van der Waals surface area contributed by atoms with Gasteiger partial charge in [-0.25, -0.2) is 4.68 Å². The van der Waals surface area contributed by atoms with Crippen LogP contribution in [0.15, 0.2) is 58.8 Å². The second-order valence-corrected chi connectivity index (χ2v) is 7.57. The first-order valence-electron chi connectivity index (χ1n) is 8.89. The summed E-state index contributed by atoms with van der Waals surface area (Å²) in [6.07, 6.45) is 0.815. The van der Waals surface area contributed by atoms with E-state index < -0.39 is 0 Å². The smallest absolute Gasteiger partial charge is 0.220 e. The van der Waals surface area contributed by atoms with Crippen LogP contribution in [-0.2, 0) is 13.5 Å². The summed E-state index contributed by atoms with van der Waals surface area (Å²) in [6, 6.07) is 15.9. The van der Waals surface area contributed by atoms with E-state index in [-0.39, 0.29) is 4.49 Å². The van der Waals surface area contributed by atoms with Gasteiger partial charge in [0, 0.05) is 12.6 Å². The Kier molecular flexibility index (Phi) is 6.32. The van der Waals surface area contributed by atoms with E-state index in [4.69, 9.17) is 32.7 Å². The van der Waals surface area contributed by atoms with Gasteiger partial charge in [0.2, 0.25) is 5.88 Å². The van der Waals surface area contributed by atoms with Crippen molar-refractivity contribution < 1.29 is 9.47 Å². The molecule has 0 N–H and O–H groups in total. The fraction of sp³-hybridized carbons (Fsp3) is 0.227. The molecule has 0 saturated heterocycles. The number of halogens is 2. The second kappa shape index (κ2) is 8.72. The third-order valence-electron chi connectivity index (χ3n) is 4.46. The summed E-state index contributed by atoms with van der Waals surface area (Å²) in [6.45, 7) is 5.71. The SMILES string of the molecule is CC(Oc1ccc(Cc2ccc(Oc3c(C)c(C)nn3C)cc2)cc1)=C(Cl)Cl. The number of hydrogen-bond donors (Lipinski definition) is 0. The number of aromatic nitrogens is 2. The van der Waals surface area contributed by atoms with Crippen molar-refractivity contribution in [3.8, 4) is 17.4 Å². The summed E-state index contributed by atoms with van der Waals surface area (Å²) >= 11 is 11.4. The predicted octanol–water partition coefficient (Wildman–Crippen LogP) is 6.47. The topological polar surface area (TPSA) is 36.3 Å². The molecule has 0 aliphatic carbocycles. The number of nitrogens with zero attached hydrogens (tertiary/aromatic N) is 2. The Morgan fingerprint density at radius 3 is 1.93 bits per heavy atom. The van der Waals surface area contributed by atoms with Gasteiger partial charge in [-0.3, -0.25) is 0 Å². The molecule has 4 nitrogen and oxygen atoms in total. The molecule has 0 fully saturated rings. The molecule has 28 heavy (non-hydrogen) atoms. The minimum atomic E-state index is 0.128. The standard InChI is InChI=1S/C22H22Cl2N2O2/c1-14-15(2)25-26(4)22(14)28-20-11-7-18(8-12-20)13-17-5-9-19(10-6-17)27-16(3)21(23)24/h5-12H,13H2,1-4H3. The van der Waals surface area contributed by atoms with Crippen molar-refractivity contribution in [3.63, 3.8) is 0 Å². The zero-order valence-electron chi connectivity index (χ0n) is 16.3. The molecule has 2 aromatic carbocycles. The van der Waals surface area contributed by atoms with Crippen LogP contribution < -0.4 is 9.47 Å². The summed E-state index contributed by atoms with van der Waals surface area (Å²) in [5, 5.41) is 4.38. The van der Waals surface area contributed by atoms with Crippen molar-refractivity contribution in [2.45, 2.75) is 27.2 Å². The Labute approximate surface area is 175 Å². The number of ether oxygens (including phenoxy) is 2. The molecular weight excluding hydrogens is 395 g/mol. The van der Waals surface area contributed by atoms with Crippen LogP contribution in [0, 0.1) is 13.8 Å². The molecule has 0 saturated carbocycles. The summed E-state index contributed by atoms with van der Waals surface area (Å²) in [4.78, 5) is 0. The Morgan fingerprint density at radius 2 is 1.46 bits per heavy atom. The highest BCUT2D eigenvalue weighted by atomic mass is 35.5. The third kappa shape index (κ3) is 4.89. The van der Waals surface area contributed by atoms with Gasteiger partial charge in [-0.1, -0.05) is 47.5 Å². The summed E-state index contributed by atoms with van der Waals surface area (Å²) in [5.74, 6) is 2.73. The maximum absolute atomic E-state index is 6.00. The zero-order valence-corrected chi connectivity index (χ0v) is 17.8. The van der Waals surface area contributed by atoms with Crippen LogP contribution >= 0.6 is 23.2 Å². The third-order valence-corrected chi connectivity index (χ3v) is 5.00. The van der Waals surface area contributed by atoms with Gasteiger partial charge in [-0.05, 0) is 62.6 Å². The van der Waals surface area contributed by atoms with E-state index in [1.807, 2.05) is 57.3 Å². The molecule has 0 bridgehead atoms. The summed E-state index contributed by atoms with van der Waals surface area (Å²) < 4.78 is 13.5. The lowest BCUT2D eigenvalue weighted by Crippen LogP contribution is -1.96. The average molecular weight is 417 g/mol. The van der Waals surface area contributed by atoms with Gasteiger partial charge in [-0.15, -0.1) is 0 Å². The van der Waals surface area contributed by atoms with Crippen molar-refractivity contribution in [3.05, 3.63) is 81.2 Å². The maximum Gasteiger partial charge on any atom is 0.220 e. The van der Waals surface area contributed by atoms with Gasteiger partial charge in [0.25, 0.3) is 0 Å². The number of rotatable bonds is 6. The Hall–Kier alpha value is -2.43. The lowest BCUT2D eigenvalue weighted by atomic mass is 10.0. The quantitative estimate of drug-likeness (QED) is 0.432. The highest BCUT2D eigenvalue weighted by Crippen LogP contribution is 2.27. The monoisotopic (exact) mass is 416 g/mol. The molecule has 0 spiro atoms. The fourth-order valence-electron chi connectivity index (χ4n) is 2.80. The number of benzene rings is 2. The van der Waals surface area contributed by atoms with Crippen LogP contribution in [-0.4, -0.2) is 9.78 Å². The van der Waals surface area contributed by atoms with Crippen LogP contribution in [0.25, 0.3) is 0 Å². The second-order valence-electron chi connectivity index (χ2n) is 6.62. The highest BCUT2D eigenvalue weighted by molar-refractivity contribution is 6.56. The van der Waals surface area contributed by atoms with E-state index in [2.05, 4.69) is 17.2 Å². The first-order chi connectivity index (χ1) is 13.3. The minimum Gasteiger partial charge on any atom is -0.460 e. The van der Waals surface area contributed by atoms with E-state index in [0.29, 0.717) is 11.5 Å². The lowest BCUT2D eigenvalue weighted by molar-refractivity contribution is 0.427. The molecule has 1 heterocycles. The minimum absolute atomic E-state index is 0.128. The molecule has 0 amide bonds. The van der Waals surface area contributed by atoms with Crippen LogP contribution in [0.5, 0.6) is 17.4 Å². The fourth-order valence-corrected chi connectivity index (χ4v) is 2.88.